The Balaban J connectivity index is 1.76. The van der Waals surface area contributed by atoms with Crippen molar-refractivity contribution < 1.29 is 14.3 Å². The molecule has 1 N–H and O–H groups in total. The lowest BCUT2D eigenvalue weighted by Gasteiger charge is -2.10. The number of hydrogen-bond donors (Lipinski definition) is 1. The highest BCUT2D eigenvalue weighted by molar-refractivity contribution is 7.18. The van der Waals surface area contributed by atoms with Gasteiger partial charge in [-0.2, -0.15) is 5.26 Å². The van der Waals surface area contributed by atoms with Crippen LogP contribution in [0.15, 0.2) is 60.7 Å². The minimum absolute atomic E-state index is 0.255. The van der Waals surface area contributed by atoms with E-state index in [0.717, 1.165) is 16.9 Å². The SMILES string of the molecule is Cc1c(C(=O)OC(C)C)sc(NC(=O)c2cc(-c3ccccc3)nc3ccccc23)c1C#N. The van der Waals surface area contributed by atoms with E-state index in [9.17, 15) is 14.9 Å². The second kappa shape index (κ2) is 9.23. The Kier molecular flexibility index (Phi) is 6.20. The molecule has 4 aromatic rings. The molecule has 4 rings (SSSR count). The first-order chi connectivity index (χ1) is 15.9. The maximum Gasteiger partial charge on any atom is 0.348 e. The quantitative estimate of drug-likeness (QED) is 0.375. The fourth-order valence-electron chi connectivity index (χ4n) is 3.49. The van der Waals surface area contributed by atoms with Crippen LogP contribution < -0.4 is 5.32 Å². The number of nitrogens with one attached hydrogen (secondary N) is 1. The average molecular weight is 456 g/mol. The number of para-hydroxylation sites is 1. The lowest BCUT2D eigenvalue weighted by atomic mass is 10.0. The van der Waals surface area contributed by atoms with Crippen LogP contribution in [0.3, 0.4) is 0 Å². The van der Waals surface area contributed by atoms with Crippen molar-refractivity contribution in [2.75, 3.05) is 5.32 Å². The van der Waals surface area contributed by atoms with Crippen LogP contribution in [-0.2, 0) is 4.74 Å². The van der Waals surface area contributed by atoms with E-state index in [-0.39, 0.29) is 17.6 Å². The molecule has 0 fully saturated rings. The highest BCUT2D eigenvalue weighted by Crippen LogP contribution is 2.34. The van der Waals surface area contributed by atoms with Gasteiger partial charge < -0.3 is 10.1 Å². The Hall–Kier alpha value is -4.02. The molecule has 0 aliphatic carbocycles. The zero-order valence-electron chi connectivity index (χ0n) is 18.4. The highest BCUT2D eigenvalue weighted by Gasteiger charge is 2.24. The number of rotatable bonds is 5. The van der Waals surface area contributed by atoms with Crippen LogP contribution in [0.2, 0.25) is 0 Å². The lowest BCUT2D eigenvalue weighted by Crippen LogP contribution is -2.13. The summed E-state index contributed by atoms with van der Waals surface area (Å²) < 4.78 is 5.28. The molecule has 0 spiro atoms. The van der Waals surface area contributed by atoms with Crippen LogP contribution in [-0.4, -0.2) is 23.0 Å². The summed E-state index contributed by atoms with van der Waals surface area (Å²) in [5.74, 6) is -0.891. The Morgan fingerprint density at radius 2 is 1.79 bits per heavy atom. The van der Waals surface area contributed by atoms with Crippen molar-refractivity contribution in [3.05, 3.63) is 82.2 Å². The minimum atomic E-state index is -0.509. The molecule has 2 aromatic heterocycles. The Morgan fingerprint density at radius 1 is 1.09 bits per heavy atom. The molecule has 2 aromatic carbocycles. The number of amides is 1. The van der Waals surface area contributed by atoms with Gasteiger partial charge in [-0.05, 0) is 38.5 Å². The summed E-state index contributed by atoms with van der Waals surface area (Å²) in [4.78, 5) is 30.9. The first-order valence-corrected chi connectivity index (χ1v) is 11.2. The van der Waals surface area contributed by atoms with Crippen LogP contribution in [0.4, 0.5) is 5.00 Å². The third-order valence-corrected chi connectivity index (χ3v) is 6.23. The predicted molar refractivity (Wildman–Crippen MR) is 129 cm³/mol. The molecular weight excluding hydrogens is 434 g/mol. The zero-order chi connectivity index (χ0) is 23.5. The fraction of sp³-hybridized carbons (Fsp3) is 0.154. The summed E-state index contributed by atoms with van der Waals surface area (Å²) in [5, 5.41) is 13.5. The molecule has 0 bridgehead atoms. The Bertz CT molecular complexity index is 1400. The molecule has 0 aliphatic heterocycles. The molecule has 1 amide bonds. The smallest absolute Gasteiger partial charge is 0.348 e. The maximum atomic E-state index is 13.4. The number of esters is 1. The van der Waals surface area contributed by atoms with Crippen LogP contribution in [0.5, 0.6) is 0 Å². The Morgan fingerprint density at radius 3 is 2.48 bits per heavy atom. The van der Waals surface area contributed by atoms with Crippen molar-refractivity contribution in [1.29, 1.82) is 5.26 Å². The van der Waals surface area contributed by atoms with Gasteiger partial charge in [0.15, 0.2) is 0 Å². The van der Waals surface area contributed by atoms with E-state index >= 15 is 0 Å². The lowest BCUT2D eigenvalue weighted by molar-refractivity contribution is 0.0383. The van der Waals surface area contributed by atoms with Crippen LogP contribution in [0, 0.1) is 18.3 Å². The van der Waals surface area contributed by atoms with Crippen molar-refractivity contribution in [2.45, 2.75) is 26.9 Å². The van der Waals surface area contributed by atoms with Crippen LogP contribution >= 0.6 is 11.3 Å². The molecule has 33 heavy (non-hydrogen) atoms. The van der Waals surface area contributed by atoms with E-state index in [0.29, 0.717) is 37.6 Å². The molecule has 0 unspecified atom stereocenters. The van der Waals surface area contributed by atoms with E-state index < -0.39 is 5.97 Å². The van der Waals surface area contributed by atoms with Gasteiger partial charge in [0.25, 0.3) is 5.91 Å². The number of fused-ring (bicyclic) bond motifs is 1. The average Bonchev–Trinajstić information content (AvgIpc) is 3.13. The van der Waals surface area contributed by atoms with Gasteiger partial charge in [0.2, 0.25) is 0 Å². The summed E-state index contributed by atoms with van der Waals surface area (Å²) in [6, 6.07) is 20.9. The molecule has 0 radical (unpaired) electrons. The normalized spacial score (nSPS) is 10.8. The van der Waals surface area contributed by atoms with Gasteiger partial charge in [0.05, 0.1) is 28.4 Å². The van der Waals surface area contributed by atoms with Crippen molar-refractivity contribution in [3.63, 3.8) is 0 Å². The number of aromatic nitrogens is 1. The molecule has 0 aliphatic rings. The topological polar surface area (TPSA) is 92.1 Å². The number of anilines is 1. The molecule has 164 valence electrons. The monoisotopic (exact) mass is 455 g/mol. The summed E-state index contributed by atoms with van der Waals surface area (Å²) >= 11 is 1.05. The van der Waals surface area contributed by atoms with Crippen LogP contribution in [0.1, 0.15) is 45.0 Å². The van der Waals surface area contributed by atoms with E-state index in [4.69, 9.17) is 9.72 Å². The van der Waals surface area contributed by atoms with Gasteiger partial charge in [-0.3, -0.25) is 4.79 Å². The van der Waals surface area contributed by atoms with Gasteiger partial charge in [-0.25, -0.2) is 9.78 Å². The van der Waals surface area contributed by atoms with Gasteiger partial charge in [0.1, 0.15) is 15.9 Å². The molecule has 0 saturated carbocycles. The van der Waals surface area contributed by atoms with E-state index in [1.165, 1.54) is 0 Å². The molecular formula is C26H21N3O3S. The van der Waals surface area contributed by atoms with Gasteiger partial charge in [-0.1, -0.05) is 48.5 Å². The molecule has 0 saturated heterocycles. The number of nitriles is 1. The van der Waals surface area contributed by atoms with E-state index in [1.54, 1.807) is 26.8 Å². The Labute approximate surface area is 195 Å². The van der Waals surface area contributed by atoms with Crippen molar-refractivity contribution >= 4 is 39.1 Å². The fourth-order valence-corrected chi connectivity index (χ4v) is 4.52. The van der Waals surface area contributed by atoms with E-state index in [2.05, 4.69) is 11.4 Å². The second-order valence-electron chi connectivity index (χ2n) is 7.72. The molecule has 2 heterocycles. The van der Waals surface area contributed by atoms with Crippen molar-refractivity contribution in [2.24, 2.45) is 0 Å². The zero-order valence-corrected chi connectivity index (χ0v) is 19.2. The number of pyridine rings is 1. The maximum absolute atomic E-state index is 13.4. The number of hydrogen-bond acceptors (Lipinski definition) is 6. The van der Waals surface area contributed by atoms with Crippen LogP contribution in [0.25, 0.3) is 22.2 Å². The predicted octanol–water partition coefficient (Wildman–Crippen LogP) is 5.96. The second-order valence-corrected chi connectivity index (χ2v) is 8.74. The summed E-state index contributed by atoms with van der Waals surface area (Å²) in [6.45, 7) is 5.19. The summed E-state index contributed by atoms with van der Waals surface area (Å²) in [6.07, 6.45) is -0.290. The summed E-state index contributed by atoms with van der Waals surface area (Å²) in [7, 11) is 0. The third kappa shape index (κ3) is 4.47. The molecule has 7 heteroatoms. The van der Waals surface area contributed by atoms with Gasteiger partial charge in [-0.15, -0.1) is 11.3 Å². The van der Waals surface area contributed by atoms with E-state index in [1.807, 2.05) is 54.6 Å². The highest BCUT2D eigenvalue weighted by atomic mass is 32.1. The first kappa shape index (κ1) is 22.2. The number of benzene rings is 2. The molecule has 0 atom stereocenters. The number of thiophene rings is 1. The van der Waals surface area contributed by atoms with Gasteiger partial charge in [0, 0.05) is 10.9 Å². The number of nitrogens with zero attached hydrogens (tertiary/aromatic N) is 2. The number of carbonyl (C=O) groups is 2. The summed E-state index contributed by atoms with van der Waals surface area (Å²) in [5.41, 5.74) is 3.43. The first-order valence-electron chi connectivity index (χ1n) is 10.4. The largest absolute Gasteiger partial charge is 0.459 e. The standard InChI is InChI=1S/C26H21N3O3S/c1-15(2)32-26(31)23-16(3)20(14-27)25(33-23)29-24(30)19-13-22(17-9-5-4-6-10-17)28-21-12-8-7-11-18(19)21/h4-13,15H,1-3H3,(H,29,30). The minimum Gasteiger partial charge on any atom is -0.459 e. The molecule has 6 nitrogen and oxygen atoms in total. The van der Waals surface area contributed by atoms with Crippen molar-refractivity contribution in [3.8, 4) is 17.3 Å². The number of ether oxygens (including phenoxy) is 1. The third-order valence-electron chi connectivity index (χ3n) is 5.04. The van der Waals surface area contributed by atoms with Gasteiger partial charge >= 0.3 is 5.97 Å². The van der Waals surface area contributed by atoms with Crippen molar-refractivity contribution in [1.82, 2.24) is 4.98 Å². The number of carbonyl (C=O) groups excluding carboxylic acids is 2.